The van der Waals surface area contributed by atoms with Gasteiger partial charge in [0.1, 0.15) is 5.58 Å². The summed E-state index contributed by atoms with van der Waals surface area (Å²) in [4.78, 5) is 14.6. The summed E-state index contributed by atoms with van der Waals surface area (Å²) in [5.41, 5.74) is 2.33. The lowest BCUT2D eigenvalue weighted by Crippen LogP contribution is -2.31. The second kappa shape index (κ2) is 7.01. The lowest BCUT2D eigenvalue weighted by molar-refractivity contribution is 0.0713. The Morgan fingerprint density at radius 1 is 1.17 bits per heavy atom. The topological polar surface area (TPSA) is 57.2 Å². The van der Waals surface area contributed by atoms with Gasteiger partial charge in [-0.1, -0.05) is 37.3 Å². The van der Waals surface area contributed by atoms with E-state index in [0.29, 0.717) is 24.4 Å². The van der Waals surface area contributed by atoms with Crippen molar-refractivity contribution in [2.75, 3.05) is 6.54 Å². The molecule has 1 heterocycles. The Bertz CT molecular complexity index is 855. The van der Waals surface area contributed by atoms with Crippen molar-refractivity contribution >= 4 is 16.9 Å². The summed E-state index contributed by atoms with van der Waals surface area (Å²) in [5.74, 6) is 0.246. The molecule has 4 nitrogen and oxygen atoms in total. The number of benzene rings is 2. The van der Waals surface area contributed by atoms with Gasteiger partial charge in [0.2, 0.25) is 0 Å². The van der Waals surface area contributed by atoms with Crippen LogP contribution in [-0.4, -0.2) is 17.4 Å². The molecule has 2 aromatic carbocycles. The third-order valence-corrected chi connectivity index (χ3v) is 3.87. The zero-order valence-electron chi connectivity index (χ0n) is 13.5. The molecule has 0 radical (unpaired) electrons. The fraction of sp³-hybridized carbons (Fsp3) is 0.200. The van der Waals surface area contributed by atoms with Gasteiger partial charge in [-0.15, -0.1) is 0 Å². The SMILES string of the molecule is CCCN(Cc1ccc(C#N)cc1)C(=O)c1cc2ccccc2o1. The maximum absolute atomic E-state index is 12.8. The first-order valence-electron chi connectivity index (χ1n) is 7.98. The molecule has 0 spiro atoms. The van der Waals surface area contributed by atoms with Crippen LogP contribution in [0.15, 0.2) is 59.0 Å². The number of carbonyl (C=O) groups is 1. The van der Waals surface area contributed by atoms with Crippen LogP contribution in [0.5, 0.6) is 0 Å². The summed E-state index contributed by atoms with van der Waals surface area (Å²) in [6.07, 6.45) is 0.863. The van der Waals surface area contributed by atoms with Crippen molar-refractivity contribution in [2.45, 2.75) is 19.9 Å². The molecule has 1 amide bonds. The van der Waals surface area contributed by atoms with E-state index in [-0.39, 0.29) is 5.91 Å². The summed E-state index contributed by atoms with van der Waals surface area (Å²) in [6, 6.07) is 18.8. The third kappa shape index (κ3) is 3.31. The van der Waals surface area contributed by atoms with E-state index >= 15 is 0 Å². The van der Waals surface area contributed by atoms with Crippen LogP contribution in [0.3, 0.4) is 0 Å². The fourth-order valence-corrected chi connectivity index (χ4v) is 2.67. The molecular weight excluding hydrogens is 300 g/mol. The highest BCUT2D eigenvalue weighted by Gasteiger charge is 2.19. The number of para-hydroxylation sites is 1. The minimum Gasteiger partial charge on any atom is -0.451 e. The smallest absolute Gasteiger partial charge is 0.289 e. The predicted octanol–water partition coefficient (Wildman–Crippen LogP) is 4.36. The van der Waals surface area contributed by atoms with Crippen molar-refractivity contribution < 1.29 is 9.21 Å². The average Bonchev–Trinajstić information content (AvgIpc) is 3.05. The molecule has 0 aliphatic carbocycles. The van der Waals surface area contributed by atoms with Crippen LogP contribution in [0.1, 0.15) is 35.0 Å². The number of hydrogen-bond acceptors (Lipinski definition) is 3. The lowest BCUT2D eigenvalue weighted by atomic mass is 10.1. The molecule has 0 saturated heterocycles. The molecule has 120 valence electrons. The number of nitriles is 1. The second-order valence-electron chi connectivity index (χ2n) is 5.68. The molecule has 24 heavy (non-hydrogen) atoms. The van der Waals surface area contributed by atoms with Crippen LogP contribution in [0.4, 0.5) is 0 Å². The minimum absolute atomic E-state index is 0.114. The standard InChI is InChI=1S/C20H18N2O2/c1-2-11-22(14-16-9-7-15(13-21)8-10-16)20(23)19-12-17-5-3-4-6-18(17)24-19/h3-10,12H,2,11,14H2,1H3. The van der Waals surface area contributed by atoms with Gasteiger partial charge in [-0.2, -0.15) is 5.26 Å². The molecule has 0 unspecified atom stereocenters. The Morgan fingerprint density at radius 2 is 1.92 bits per heavy atom. The highest BCUT2D eigenvalue weighted by molar-refractivity contribution is 5.96. The van der Waals surface area contributed by atoms with Crippen molar-refractivity contribution in [1.29, 1.82) is 5.26 Å². The molecule has 0 N–H and O–H groups in total. The normalized spacial score (nSPS) is 10.5. The molecular formula is C20H18N2O2. The molecule has 4 heteroatoms. The van der Waals surface area contributed by atoms with Gasteiger partial charge < -0.3 is 9.32 Å². The number of carbonyl (C=O) groups excluding carboxylic acids is 1. The molecule has 0 aliphatic heterocycles. The number of nitrogens with zero attached hydrogens (tertiary/aromatic N) is 2. The van der Waals surface area contributed by atoms with Gasteiger partial charge in [0.05, 0.1) is 11.6 Å². The van der Waals surface area contributed by atoms with E-state index in [2.05, 4.69) is 6.07 Å². The van der Waals surface area contributed by atoms with Crippen molar-refractivity contribution in [3.8, 4) is 6.07 Å². The van der Waals surface area contributed by atoms with E-state index in [4.69, 9.17) is 9.68 Å². The Balaban J connectivity index is 1.83. The first-order chi connectivity index (χ1) is 11.7. The van der Waals surface area contributed by atoms with E-state index < -0.39 is 0 Å². The van der Waals surface area contributed by atoms with E-state index in [1.807, 2.05) is 43.3 Å². The first-order valence-corrected chi connectivity index (χ1v) is 7.98. The second-order valence-corrected chi connectivity index (χ2v) is 5.68. The molecule has 0 bridgehead atoms. The largest absolute Gasteiger partial charge is 0.451 e. The van der Waals surface area contributed by atoms with Gasteiger partial charge in [0.25, 0.3) is 5.91 Å². The molecule has 0 fully saturated rings. The Hall–Kier alpha value is -3.06. The van der Waals surface area contributed by atoms with Gasteiger partial charge in [0.15, 0.2) is 5.76 Å². The Kier molecular flexibility index (Phi) is 4.62. The quantitative estimate of drug-likeness (QED) is 0.702. The van der Waals surface area contributed by atoms with E-state index in [1.165, 1.54) is 0 Å². The lowest BCUT2D eigenvalue weighted by Gasteiger charge is -2.21. The van der Waals surface area contributed by atoms with Crippen LogP contribution in [-0.2, 0) is 6.54 Å². The van der Waals surface area contributed by atoms with Crippen LogP contribution < -0.4 is 0 Å². The van der Waals surface area contributed by atoms with Gasteiger partial charge >= 0.3 is 0 Å². The maximum atomic E-state index is 12.8. The third-order valence-electron chi connectivity index (χ3n) is 3.87. The van der Waals surface area contributed by atoms with E-state index in [1.54, 1.807) is 23.1 Å². The summed E-state index contributed by atoms with van der Waals surface area (Å²) in [6.45, 7) is 3.18. The monoisotopic (exact) mass is 318 g/mol. The maximum Gasteiger partial charge on any atom is 0.289 e. The first kappa shape index (κ1) is 15.8. The fourth-order valence-electron chi connectivity index (χ4n) is 2.67. The molecule has 3 rings (SSSR count). The van der Waals surface area contributed by atoms with Crippen LogP contribution in [0, 0.1) is 11.3 Å². The van der Waals surface area contributed by atoms with E-state index in [0.717, 1.165) is 23.0 Å². The number of rotatable bonds is 5. The average molecular weight is 318 g/mol. The number of fused-ring (bicyclic) bond motifs is 1. The zero-order valence-corrected chi connectivity index (χ0v) is 13.5. The van der Waals surface area contributed by atoms with Crippen LogP contribution in [0.25, 0.3) is 11.0 Å². The van der Waals surface area contributed by atoms with Crippen molar-refractivity contribution in [3.63, 3.8) is 0 Å². The summed E-state index contributed by atoms with van der Waals surface area (Å²) >= 11 is 0. The van der Waals surface area contributed by atoms with Gasteiger partial charge in [-0.3, -0.25) is 4.79 Å². The Morgan fingerprint density at radius 3 is 2.58 bits per heavy atom. The predicted molar refractivity (Wildman–Crippen MR) is 92.4 cm³/mol. The number of furan rings is 1. The van der Waals surface area contributed by atoms with Crippen molar-refractivity contribution in [2.24, 2.45) is 0 Å². The van der Waals surface area contributed by atoms with Gasteiger partial charge in [-0.05, 0) is 36.2 Å². The van der Waals surface area contributed by atoms with Crippen molar-refractivity contribution in [1.82, 2.24) is 4.90 Å². The summed E-state index contributed by atoms with van der Waals surface area (Å²) in [7, 11) is 0. The highest BCUT2D eigenvalue weighted by Crippen LogP contribution is 2.21. The molecule has 0 saturated carbocycles. The Labute approximate surface area is 140 Å². The van der Waals surface area contributed by atoms with Crippen molar-refractivity contribution in [3.05, 3.63) is 71.5 Å². The van der Waals surface area contributed by atoms with Gasteiger partial charge in [-0.25, -0.2) is 0 Å². The highest BCUT2D eigenvalue weighted by atomic mass is 16.3. The van der Waals surface area contributed by atoms with Gasteiger partial charge in [0, 0.05) is 18.5 Å². The molecule has 0 aliphatic rings. The summed E-state index contributed by atoms with van der Waals surface area (Å²) in [5, 5.41) is 9.80. The number of amides is 1. The zero-order chi connectivity index (χ0) is 16.9. The molecule has 0 atom stereocenters. The van der Waals surface area contributed by atoms with Crippen LogP contribution in [0.2, 0.25) is 0 Å². The molecule has 1 aromatic heterocycles. The summed E-state index contributed by atoms with van der Waals surface area (Å²) < 4.78 is 5.70. The minimum atomic E-state index is -0.114. The molecule has 3 aromatic rings. The number of hydrogen-bond donors (Lipinski definition) is 0. The van der Waals surface area contributed by atoms with E-state index in [9.17, 15) is 4.79 Å². The van der Waals surface area contributed by atoms with Crippen LogP contribution >= 0.6 is 0 Å².